The van der Waals surface area contributed by atoms with E-state index >= 15 is 0 Å². The summed E-state index contributed by atoms with van der Waals surface area (Å²) in [6.45, 7) is 0. The van der Waals surface area contributed by atoms with Crippen molar-refractivity contribution in [3.63, 3.8) is 0 Å². The molecule has 0 N–H and O–H groups in total. The Morgan fingerprint density at radius 2 is 1.23 bits per heavy atom. The van der Waals surface area contributed by atoms with Crippen LogP contribution in [0.25, 0.3) is 74.5 Å². The van der Waals surface area contributed by atoms with Crippen LogP contribution in [0.5, 0.6) is 0 Å². The topological polar surface area (TPSA) is 35.6 Å². The molecule has 182 valence electrons. The van der Waals surface area contributed by atoms with E-state index in [1.165, 1.54) is 64.6 Å². The Kier molecular flexibility index (Phi) is 4.31. The first-order chi connectivity index (χ1) is 19.4. The van der Waals surface area contributed by atoms with Crippen LogP contribution >= 0.6 is 0 Å². The summed E-state index contributed by atoms with van der Waals surface area (Å²) in [5.41, 5.74) is 8.28. The van der Waals surface area contributed by atoms with Gasteiger partial charge in [0.25, 0.3) is 0 Å². The van der Waals surface area contributed by atoms with Gasteiger partial charge in [0.2, 0.25) is 0 Å². The predicted molar refractivity (Wildman–Crippen MR) is 163 cm³/mol. The van der Waals surface area contributed by atoms with Crippen LogP contribution in [0.4, 0.5) is 0 Å². The third kappa shape index (κ3) is 2.89. The fraction of sp³-hybridized carbons (Fsp3) is 0. The van der Waals surface area contributed by atoms with Crippen LogP contribution < -0.4 is 0 Å². The van der Waals surface area contributed by atoms with Crippen molar-refractivity contribution in [1.82, 2.24) is 19.1 Å². The van der Waals surface area contributed by atoms with Crippen molar-refractivity contribution < 1.29 is 0 Å². The molecule has 4 heterocycles. The van der Waals surface area contributed by atoms with Crippen LogP contribution in [0.1, 0.15) is 0 Å². The van der Waals surface area contributed by atoms with Crippen molar-refractivity contribution in [2.24, 2.45) is 0 Å². The van der Waals surface area contributed by atoms with Crippen molar-refractivity contribution in [3.05, 3.63) is 122 Å². The van der Waals surface area contributed by atoms with Crippen LogP contribution in [0, 0.1) is 0 Å². The maximum absolute atomic E-state index is 4.64. The molecule has 0 aliphatic heterocycles. The predicted octanol–water partition coefficient (Wildman–Crippen LogP) is 8.03. The van der Waals surface area contributed by atoms with Gasteiger partial charge in [-0.25, -0.2) is 0 Å². The van der Waals surface area contributed by atoms with Gasteiger partial charge in [0.05, 0.1) is 0 Å². The Morgan fingerprint density at radius 1 is 0.513 bits per heavy atom. The Morgan fingerprint density at radius 3 is 2.10 bits per heavy atom. The van der Waals surface area contributed by atoms with Gasteiger partial charge in [0, 0.05) is 0 Å². The molecule has 9 rings (SSSR count). The number of hydrogen-bond acceptors (Lipinski definition) is 2. The van der Waals surface area contributed by atoms with E-state index in [0.717, 1.165) is 9.91 Å². The summed E-state index contributed by atoms with van der Waals surface area (Å²) < 4.78 is 7.32. The van der Waals surface area contributed by atoms with Crippen molar-refractivity contribution in [2.45, 2.75) is 0 Å². The Labute approximate surface area is 229 Å². The zero-order valence-electron chi connectivity index (χ0n) is 20.7. The summed E-state index contributed by atoms with van der Waals surface area (Å²) in [4.78, 5) is 9.27. The number of hydrogen-bond donors (Lipinski definition) is 0. The van der Waals surface area contributed by atoms with Gasteiger partial charge < -0.3 is 0 Å². The van der Waals surface area contributed by atoms with Gasteiger partial charge in [-0.15, -0.1) is 0 Å². The molecule has 0 saturated carbocycles. The van der Waals surface area contributed by atoms with Gasteiger partial charge >= 0.3 is 230 Å². The average molecular weight is 564 g/mol. The summed E-state index contributed by atoms with van der Waals surface area (Å²) in [6.07, 6.45) is 3.60. The Hall–Kier alpha value is -4.70. The van der Waals surface area contributed by atoms with E-state index in [9.17, 15) is 0 Å². The second-order valence-electron chi connectivity index (χ2n) is 9.89. The first kappa shape index (κ1) is 21.3. The normalized spacial score (nSPS) is 12.1. The Bertz CT molecular complexity index is 2390. The number of para-hydroxylation sites is 3. The molecule has 0 atom stereocenters. The van der Waals surface area contributed by atoms with Gasteiger partial charge in [-0.3, -0.25) is 0 Å². The van der Waals surface area contributed by atoms with Crippen LogP contribution in [-0.2, 0) is 0 Å². The fourth-order valence-corrected chi connectivity index (χ4v) is 8.42. The zero-order valence-corrected chi connectivity index (χ0v) is 22.5. The van der Waals surface area contributed by atoms with Crippen molar-refractivity contribution in [3.8, 4) is 11.4 Å². The van der Waals surface area contributed by atoms with Gasteiger partial charge in [0.1, 0.15) is 0 Å². The first-order valence-corrected chi connectivity index (χ1v) is 14.7. The van der Waals surface area contributed by atoms with Crippen molar-refractivity contribution in [2.75, 3.05) is 0 Å². The minimum absolute atomic E-state index is 0.145. The molecule has 0 saturated heterocycles. The molecule has 0 spiro atoms. The number of fused-ring (bicyclic) bond motifs is 10. The van der Waals surface area contributed by atoms with E-state index in [0.29, 0.717) is 0 Å². The molecule has 9 aromatic rings. The standard InChI is InChI=1S/C34H20N4Se/c1-2-8-21(9-3-1)37-28-13-7-5-11-25(28)31-29(37)17-16-24-23-10-4-6-12-27(23)38(33(24)31)22-14-15-26-30(20-22)39-34-32(26)35-18-19-36-34/h1-20H. The number of nitrogens with zero attached hydrogens (tertiary/aromatic N) is 4. The van der Waals surface area contributed by atoms with Crippen LogP contribution in [-0.4, -0.2) is 33.6 Å². The van der Waals surface area contributed by atoms with Crippen LogP contribution in [0.3, 0.4) is 0 Å². The molecule has 39 heavy (non-hydrogen) atoms. The summed E-state index contributed by atoms with van der Waals surface area (Å²) in [5, 5.41) is 6.29. The second kappa shape index (κ2) is 7.90. The number of benzene rings is 5. The molecule has 5 aromatic carbocycles. The molecule has 4 nitrogen and oxygen atoms in total. The molecule has 0 aliphatic rings. The summed E-state index contributed by atoms with van der Waals surface area (Å²) in [5.74, 6) is 0. The maximum atomic E-state index is 4.64. The monoisotopic (exact) mass is 564 g/mol. The summed E-state index contributed by atoms with van der Waals surface area (Å²) in [6, 6.07) is 39.7. The van der Waals surface area contributed by atoms with Gasteiger partial charge in [0.15, 0.2) is 0 Å². The molecule has 0 bridgehead atoms. The molecule has 0 amide bonds. The molecule has 0 aliphatic carbocycles. The third-order valence-electron chi connectivity index (χ3n) is 7.83. The first-order valence-electron chi connectivity index (χ1n) is 13.0. The van der Waals surface area contributed by atoms with E-state index in [-0.39, 0.29) is 14.5 Å². The minimum atomic E-state index is 0.145. The van der Waals surface area contributed by atoms with Crippen molar-refractivity contribution in [1.29, 1.82) is 0 Å². The van der Waals surface area contributed by atoms with E-state index in [1.54, 1.807) is 12.4 Å². The summed E-state index contributed by atoms with van der Waals surface area (Å²) >= 11 is 0.145. The Balaban J connectivity index is 1.47. The molecule has 0 unspecified atom stereocenters. The fourth-order valence-electron chi connectivity index (χ4n) is 6.25. The molecule has 5 heteroatoms. The van der Waals surface area contributed by atoms with E-state index in [2.05, 4.69) is 128 Å². The van der Waals surface area contributed by atoms with Gasteiger partial charge in [-0.1, -0.05) is 0 Å². The van der Waals surface area contributed by atoms with E-state index in [1.807, 2.05) is 0 Å². The SMILES string of the molecule is c1ccc(-n2c3ccccc3c3c2ccc2c4ccccc4n(-c4ccc5c(c4)[se]c4nccnc45)c23)cc1. The molecule has 0 radical (unpaired) electrons. The van der Waals surface area contributed by atoms with Crippen LogP contribution in [0.15, 0.2) is 122 Å². The van der Waals surface area contributed by atoms with E-state index < -0.39 is 0 Å². The third-order valence-corrected chi connectivity index (χ3v) is 10.0. The quantitative estimate of drug-likeness (QED) is 0.200. The van der Waals surface area contributed by atoms with Crippen molar-refractivity contribution >= 4 is 77.7 Å². The molecule has 4 aromatic heterocycles. The van der Waals surface area contributed by atoms with Gasteiger partial charge in [-0.05, 0) is 0 Å². The molecular formula is C34H20N4Se. The second-order valence-corrected chi connectivity index (χ2v) is 12.1. The number of aromatic nitrogens is 4. The molecule has 0 fully saturated rings. The molecular weight excluding hydrogens is 543 g/mol. The van der Waals surface area contributed by atoms with Gasteiger partial charge in [-0.2, -0.15) is 0 Å². The zero-order chi connectivity index (χ0) is 25.5. The van der Waals surface area contributed by atoms with E-state index in [4.69, 9.17) is 0 Å². The summed E-state index contributed by atoms with van der Waals surface area (Å²) in [7, 11) is 0. The number of rotatable bonds is 2. The average Bonchev–Trinajstić information content (AvgIpc) is 3.64. The van der Waals surface area contributed by atoms with Crippen LogP contribution in [0.2, 0.25) is 0 Å².